The van der Waals surface area contributed by atoms with Crippen molar-refractivity contribution in [2.75, 3.05) is 46.4 Å². The lowest BCUT2D eigenvalue weighted by Crippen LogP contribution is -2.51. The van der Waals surface area contributed by atoms with Gasteiger partial charge in [-0.05, 0) is 45.4 Å². The van der Waals surface area contributed by atoms with Gasteiger partial charge >= 0.3 is 0 Å². The van der Waals surface area contributed by atoms with E-state index in [4.69, 9.17) is 14.2 Å². The van der Waals surface area contributed by atoms with Gasteiger partial charge in [0.15, 0.2) is 5.96 Å². The molecule has 1 aromatic rings. The zero-order chi connectivity index (χ0) is 19.8. The van der Waals surface area contributed by atoms with Crippen LogP contribution >= 0.6 is 24.0 Å². The molecule has 2 aliphatic heterocycles. The maximum atomic E-state index is 6.02. The first-order valence-corrected chi connectivity index (χ1v) is 10.4. The highest BCUT2D eigenvalue weighted by Crippen LogP contribution is 2.22. The highest BCUT2D eigenvalue weighted by Gasteiger charge is 2.32. The number of hydrogen-bond acceptors (Lipinski definition) is 5. The second kappa shape index (κ2) is 12.4. The molecule has 0 spiro atoms. The van der Waals surface area contributed by atoms with Crippen molar-refractivity contribution in [3.05, 3.63) is 24.3 Å². The van der Waals surface area contributed by atoms with Crippen molar-refractivity contribution >= 4 is 29.9 Å². The minimum absolute atomic E-state index is 0. The topological polar surface area (TPSA) is 67.4 Å². The van der Waals surface area contributed by atoms with Crippen molar-refractivity contribution in [2.24, 2.45) is 4.99 Å². The number of benzene rings is 1. The minimum Gasteiger partial charge on any atom is -0.497 e. The Labute approximate surface area is 191 Å². The van der Waals surface area contributed by atoms with Crippen molar-refractivity contribution in [3.8, 4) is 11.5 Å². The van der Waals surface area contributed by atoms with E-state index in [1.54, 1.807) is 7.11 Å². The molecule has 1 aromatic carbocycles. The van der Waals surface area contributed by atoms with Gasteiger partial charge in [-0.25, -0.2) is 4.99 Å². The number of rotatable bonds is 8. The molecule has 7 nitrogen and oxygen atoms in total. The lowest BCUT2D eigenvalue weighted by atomic mass is 10.2. The average Bonchev–Trinajstić information content (AvgIpc) is 3.18. The van der Waals surface area contributed by atoms with Gasteiger partial charge in [0.05, 0.1) is 26.4 Å². The Morgan fingerprint density at radius 3 is 2.97 bits per heavy atom. The number of hydrogen-bond donors (Lipinski definition) is 2. The summed E-state index contributed by atoms with van der Waals surface area (Å²) in [7, 11) is 1.65. The monoisotopic (exact) mass is 518 g/mol. The molecular weight excluding hydrogens is 483 g/mol. The van der Waals surface area contributed by atoms with Gasteiger partial charge in [0.1, 0.15) is 17.6 Å². The molecule has 8 heteroatoms. The summed E-state index contributed by atoms with van der Waals surface area (Å²) in [6, 6.07) is 8.27. The zero-order valence-electron chi connectivity index (χ0n) is 17.7. The summed E-state index contributed by atoms with van der Waals surface area (Å²) >= 11 is 0. The molecule has 2 heterocycles. The summed E-state index contributed by atoms with van der Waals surface area (Å²) in [5, 5.41) is 6.72. The van der Waals surface area contributed by atoms with E-state index in [-0.39, 0.29) is 36.2 Å². The van der Waals surface area contributed by atoms with Crippen molar-refractivity contribution in [1.82, 2.24) is 15.5 Å². The van der Waals surface area contributed by atoms with Gasteiger partial charge in [0.2, 0.25) is 0 Å². The minimum atomic E-state index is -0.0427. The van der Waals surface area contributed by atoms with Crippen molar-refractivity contribution in [3.63, 3.8) is 0 Å². The van der Waals surface area contributed by atoms with E-state index in [0.29, 0.717) is 12.6 Å². The number of halogens is 1. The Morgan fingerprint density at radius 1 is 1.34 bits per heavy atom. The summed E-state index contributed by atoms with van der Waals surface area (Å²) in [5.41, 5.74) is 0. The SMILES string of the molecule is CCNC(=NCC(C)Oc1cccc(OC)c1)NCC1CN2CCCC2CO1.I. The van der Waals surface area contributed by atoms with Crippen LogP contribution in [0.3, 0.4) is 0 Å². The smallest absolute Gasteiger partial charge is 0.191 e. The van der Waals surface area contributed by atoms with Gasteiger partial charge in [-0.15, -0.1) is 24.0 Å². The number of fused-ring (bicyclic) bond motifs is 1. The number of aliphatic imine (C=N–C) groups is 1. The van der Waals surface area contributed by atoms with Crippen LogP contribution < -0.4 is 20.1 Å². The van der Waals surface area contributed by atoms with Crippen LogP contribution in [0.4, 0.5) is 0 Å². The number of nitrogens with zero attached hydrogens (tertiary/aromatic N) is 2. The molecule has 2 fully saturated rings. The van der Waals surface area contributed by atoms with Gasteiger partial charge < -0.3 is 24.8 Å². The van der Waals surface area contributed by atoms with E-state index in [1.165, 1.54) is 19.4 Å². The normalized spacial score (nSPS) is 22.9. The van der Waals surface area contributed by atoms with Gasteiger partial charge in [-0.3, -0.25) is 4.90 Å². The predicted molar refractivity (Wildman–Crippen MR) is 127 cm³/mol. The molecule has 0 bridgehead atoms. The van der Waals surface area contributed by atoms with Gasteiger partial charge in [0.25, 0.3) is 0 Å². The van der Waals surface area contributed by atoms with Crippen LogP contribution in [0.15, 0.2) is 29.3 Å². The molecule has 0 amide bonds. The predicted octanol–water partition coefficient (Wildman–Crippen LogP) is 2.50. The maximum Gasteiger partial charge on any atom is 0.191 e. The Bertz CT molecular complexity index is 646. The van der Waals surface area contributed by atoms with E-state index in [9.17, 15) is 0 Å². The van der Waals surface area contributed by atoms with Crippen LogP contribution in [0, 0.1) is 0 Å². The maximum absolute atomic E-state index is 6.02. The molecule has 0 aromatic heterocycles. The van der Waals surface area contributed by atoms with Crippen LogP contribution in [0.5, 0.6) is 11.5 Å². The molecule has 0 radical (unpaired) electrons. The molecule has 2 aliphatic rings. The summed E-state index contributed by atoms with van der Waals surface area (Å²) in [4.78, 5) is 7.23. The molecule has 3 atom stereocenters. The standard InChI is InChI=1S/C21H34N4O3.HI/c1-4-22-21(24-13-20-14-25-10-6-7-17(25)15-27-20)23-12-16(2)28-19-9-5-8-18(11-19)26-3;/h5,8-9,11,16-17,20H,4,6-7,10,12-15H2,1-3H3,(H2,22,23,24);1H. The second-order valence-electron chi connectivity index (χ2n) is 7.45. The molecule has 3 unspecified atom stereocenters. The summed E-state index contributed by atoms with van der Waals surface area (Å²) in [5.74, 6) is 2.38. The van der Waals surface area contributed by atoms with E-state index >= 15 is 0 Å². The van der Waals surface area contributed by atoms with E-state index < -0.39 is 0 Å². The number of methoxy groups -OCH3 is 1. The largest absolute Gasteiger partial charge is 0.497 e. The third-order valence-corrected chi connectivity index (χ3v) is 5.19. The molecule has 2 N–H and O–H groups in total. The lowest BCUT2D eigenvalue weighted by Gasteiger charge is -2.35. The molecular formula is C21H35IN4O3. The van der Waals surface area contributed by atoms with Crippen molar-refractivity contribution in [2.45, 2.75) is 44.9 Å². The molecule has 0 aliphatic carbocycles. The lowest BCUT2D eigenvalue weighted by molar-refractivity contribution is -0.0453. The molecule has 29 heavy (non-hydrogen) atoms. The summed E-state index contributed by atoms with van der Waals surface area (Å²) in [6.07, 6.45) is 2.74. The number of guanidine groups is 1. The quantitative estimate of drug-likeness (QED) is 0.313. The van der Waals surface area contributed by atoms with Gasteiger partial charge in [-0.2, -0.15) is 0 Å². The van der Waals surface area contributed by atoms with Crippen LogP contribution in [0.25, 0.3) is 0 Å². The molecule has 0 saturated carbocycles. The fraction of sp³-hybridized carbons (Fsp3) is 0.667. The second-order valence-corrected chi connectivity index (χ2v) is 7.45. The van der Waals surface area contributed by atoms with Crippen LogP contribution in [0.2, 0.25) is 0 Å². The van der Waals surface area contributed by atoms with Crippen LogP contribution in [-0.2, 0) is 4.74 Å². The van der Waals surface area contributed by atoms with E-state index in [2.05, 4.69) is 27.4 Å². The van der Waals surface area contributed by atoms with Gasteiger partial charge in [0, 0.05) is 31.7 Å². The third kappa shape index (κ3) is 7.49. The van der Waals surface area contributed by atoms with Crippen LogP contribution in [0.1, 0.15) is 26.7 Å². The van der Waals surface area contributed by atoms with Gasteiger partial charge in [-0.1, -0.05) is 6.07 Å². The fourth-order valence-electron chi connectivity index (χ4n) is 3.73. The summed E-state index contributed by atoms with van der Waals surface area (Å²) < 4.78 is 17.2. The fourth-order valence-corrected chi connectivity index (χ4v) is 3.73. The molecule has 3 rings (SSSR count). The molecule has 2 saturated heterocycles. The van der Waals surface area contributed by atoms with E-state index in [1.807, 2.05) is 31.2 Å². The number of nitrogens with one attached hydrogen (secondary N) is 2. The first-order valence-electron chi connectivity index (χ1n) is 10.4. The van der Waals surface area contributed by atoms with Crippen molar-refractivity contribution < 1.29 is 14.2 Å². The highest BCUT2D eigenvalue weighted by atomic mass is 127. The Kier molecular flexibility index (Phi) is 10.3. The summed E-state index contributed by atoms with van der Waals surface area (Å²) in [6.45, 7) is 9.29. The zero-order valence-corrected chi connectivity index (χ0v) is 20.1. The third-order valence-electron chi connectivity index (χ3n) is 5.19. The number of morpholine rings is 1. The first-order chi connectivity index (χ1) is 13.7. The first kappa shape index (κ1) is 24.0. The Balaban J connectivity index is 0.00000300. The highest BCUT2D eigenvalue weighted by molar-refractivity contribution is 14.0. The van der Waals surface area contributed by atoms with Crippen molar-refractivity contribution in [1.29, 1.82) is 0 Å². The van der Waals surface area contributed by atoms with E-state index in [0.717, 1.165) is 43.7 Å². The molecule has 164 valence electrons. The Morgan fingerprint density at radius 2 is 2.17 bits per heavy atom. The van der Waals surface area contributed by atoms with Crippen LogP contribution in [-0.4, -0.2) is 75.5 Å². The average molecular weight is 518 g/mol. The number of ether oxygens (including phenoxy) is 3. The Hall–Kier alpha value is -1.26.